The number of hydrogen-bond acceptors (Lipinski definition) is 4. The summed E-state index contributed by atoms with van der Waals surface area (Å²) >= 11 is 6.36. The van der Waals surface area contributed by atoms with E-state index in [0.29, 0.717) is 41.4 Å². The summed E-state index contributed by atoms with van der Waals surface area (Å²) in [6.07, 6.45) is 2.00. The van der Waals surface area contributed by atoms with Gasteiger partial charge in [0.1, 0.15) is 12.4 Å². The molecular weight excluding hydrogens is 433 g/mol. The van der Waals surface area contributed by atoms with Gasteiger partial charge in [0.05, 0.1) is 18.4 Å². The minimum Gasteiger partial charge on any atom is -0.383 e. The molecule has 0 bridgehead atoms. The van der Waals surface area contributed by atoms with Gasteiger partial charge in [-0.2, -0.15) is 5.10 Å². The minimum absolute atomic E-state index is 0.0252. The Morgan fingerprint density at radius 1 is 1.19 bits per heavy atom. The topological polar surface area (TPSA) is 62.2 Å². The third-order valence-electron chi connectivity index (χ3n) is 5.74. The highest BCUT2D eigenvalue weighted by Crippen LogP contribution is 2.36. The van der Waals surface area contributed by atoms with Crippen LogP contribution in [-0.2, 0) is 14.3 Å². The number of nitrogens with zero attached hydrogens (tertiary/aromatic N) is 3. The van der Waals surface area contributed by atoms with Crippen molar-refractivity contribution in [1.29, 1.82) is 0 Å². The zero-order chi connectivity index (χ0) is 22.7. The van der Waals surface area contributed by atoms with E-state index in [4.69, 9.17) is 16.3 Å². The van der Waals surface area contributed by atoms with E-state index >= 15 is 0 Å². The molecule has 2 amide bonds. The standard InChI is InChI=1S/C24H25ClFN3O3/c1-32-13-12-28(24(31)16-10-11-16)15-23(30)29-22(18-7-3-5-9-20(18)26)14-21(27-29)17-6-2-4-8-19(17)25/h2-9,16,22H,10-15H2,1H3. The lowest BCUT2D eigenvalue weighted by Gasteiger charge is -2.27. The summed E-state index contributed by atoms with van der Waals surface area (Å²) in [6, 6.07) is 13.0. The van der Waals surface area contributed by atoms with E-state index in [1.807, 2.05) is 18.2 Å². The van der Waals surface area contributed by atoms with Crippen molar-refractivity contribution in [3.63, 3.8) is 0 Å². The first-order valence-electron chi connectivity index (χ1n) is 10.7. The van der Waals surface area contributed by atoms with Crippen molar-refractivity contribution in [2.45, 2.75) is 25.3 Å². The molecule has 6 nitrogen and oxygen atoms in total. The lowest BCUT2D eigenvalue weighted by atomic mass is 9.98. The van der Waals surface area contributed by atoms with Crippen LogP contribution in [0.2, 0.25) is 5.02 Å². The van der Waals surface area contributed by atoms with Crippen molar-refractivity contribution in [2.24, 2.45) is 11.0 Å². The number of ether oxygens (including phenoxy) is 1. The van der Waals surface area contributed by atoms with Gasteiger partial charge in [0.25, 0.3) is 5.91 Å². The first-order valence-corrected chi connectivity index (χ1v) is 11.0. The number of halogens is 2. The second-order valence-corrected chi connectivity index (χ2v) is 8.44. The Hall–Kier alpha value is -2.77. The predicted octanol–water partition coefficient (Wildman–Crippen LogP) is 4.04. The van der Waals surface area contributed by atoms with E-state index in [1.54, 1.807) is 31.4 Å². The zero-order valence-corrected chi connectivity index (χ0v) is 18.6. The number of hydrazone groups is 1. The van der Waals surface area contributed by atoms with Gasteiger partial charge in [-0.25, -0.2) is 9.40 Å². The lowest BCUT2D eigenvalue weighted by molar-refractivity contribution is -0.142. The van der Waals surface area contributed by atoms with Crippen molar-refractivity contribution < 1.29 is 18.7 Å². The van der Waals surface area contributed by atoms with Gasteiger partial charge in [-0.15, -0.1) is 0 Å². The maximum absolute atomic E-state index is 14.7. The van der Waals surface area contributed by atoms with Crippen molar-refractivity contribution >= 4 is 29.1 Å². The Morgan fingerprint density at radius 3 is 2.59 bits per heavy atom. The fourth-order valence-electron chi connectivity index (χ4n) is 3.88. The predicted molar refractivity (Wildman–Crippen MR) is 120 cm³/mol. The Balaban J connectivity index is 1.63. The van der Waals surface area contributed by atoms with Crippen LogP contribution in [0.5, 0.6) is 0 Å². The molecule has 2 aliphatic rings. The van der Waals surface area contributed by atoms with Crippen LogP contribution < -0.4 is 0 Å². The number of amides is 2. The highest BCUT2D eigenvalue weighted by atomic mass is 35.5. The van der Waals surface area contributed by atoms with Crippen LogP contribution in [0.3, 0.4) is 0 Å². The van der Waals surface area contributed by atoms with Crippen LogP contribution in [0.1, 0.15) is 36.4 Å². The first kappa shape index (κ1) is 22.4. The highest BCUT2D eigenvalue weighted by molar-refractivity contribution is 6.34. The summed E-state index contributed by atoms with van der Waals surface area (Å²) in [6.45, 7) is 0.510. The molecule has 1 unspecified atom stereocenters. The zero-order valence-electron chi connectivity index (χ0n) is 17.8. The molecule has 1 heterocycles. The molecule has 1 saturated carbocycles. The maximum atomic E-state index is 14.7. The summed E-state index contributed by atoms with van der Waals surface area (Å²) in [4.78, 5) is 27.6. The molecule has 0 aromatic heterocycles. The summed E-state index contributed by atoms with van der Waals surface area (Å²) in [5, 5.41) is 6.37. The van der Waals surface area contributed by atoms with E-state index in [0.717, 1.165) is 12.8 Å². The molecule has 2 aromatic rings. The van der Waals surface area contributed by atoms with Crippen molar-refractivity contribution in [3.05, 3.63) is 70.5 Å². The lowest BCUT2D eigenvalue weighted by Crippen LogP contribution is -2.43. The smallest absolute Gasteiger partial charge is 0.262 e. The summed E-state index contributed by atoms with van der Waals surface area (Å²) in [5.41, 5.74) is 1.69. The van der Waals surface area contributed by atoms with Gasteiger partial charge in [-0.05, 0) is 25.0 Å². The van der Waals surface area contributed by atoms with Crippen LogP contribution in [0.4, 0.5) is 4.39 Å². The molecule has 0 saturated heterocycles. The number of rotatable bonds is 8. The highest BCUT2D eigenvalue weighted by Gasteiger charge is 2.38. The van der Waals surface area contributed by atoms with Gasteiger partial charge in [0, 0.05) is 42.1 Å². The fraction of sp³-hybridized carbons (Fsp3) is 0.375. The Bertz CT molecular complexity index is 1040. The van der Waals surface area contributed by atoms with E-state index in [-0.39, 0.29) is 24.3 Å². The van der Waals surface area contributed by atoms with Crippen LogP contribution >= 0.6 is 11.6 Å². The van der Waals surface area contributed by atoms with Gasteiger partial charge in [-0.1, -0.05) is 48.0 Å². The molecule has 32 heavy (non-hydrogen) atoms. The van der Waals surface area contributed by atoms with Gasteiger partial charge >= 0.3 is 0 Å². The summed E-state index contributed by atoms with van der Waals surface area (Å²) in [7, 11) is 1.55. The molecule has 8 heteroatoms. The molecule has 4 rings (SSSR count). The van der Waals surface area contributed by atoms with Crippen LogP contribution in [0, 0.1) is 11.7 Å². The van der Waals surface area contributed by atoms with Crippen molar-refractivity contribution in [2.75, 3.05) is 26.8 Å². The van der Waals surface area contributed by atoms with Crippen molar-refractivity contribution in [1.82, 2.24) is 9.91 Å². The average Bonchev–Trinajstić information content (AvgIpc) is 3.55. The molecule has 0 radical (unpaired) electrons. The van der Waals surface area contributed by atoms with Crippen molar-refractivity contribution in [3.8, 4) is 0 Å². The molecule has 1 aliphatic carbocycles. The maximum Gasteiger partial charge on any atom is 0.262 e. The van der Waals surface area contributed by atoms with Crippen LogP contribution in [0.25, 0.3) is 0 Å². The minimum atomic E-state index is -0.615. The molecule has 1 aliphatic heterocycles. The molecular formula is C24H25ClFN3O3. The average molecular weight is 458 g/mol. The Kier molecular flexibility index (Phi) is 6.86. The quantitative estimate of drug-likeness (QED) is 0.601. The summed E-state index contributed by atoms with van der Waals surface area (Å²) < 4.78 is 19.8. The molecule has 1 fully saturated rings. The van der Waals surface area contributed by atoms with Crippen LogP contribution in [0.15, 0.2) is 53.6 Å². The monoisotopic (exact) mass is 457 g/mol. The number of methoxy groups -OCH3 is 1. The second kappa shape index (κ2) is 9.79. The number of benzene rings is 2. The van der Waals surface area contributed by atoms with Crippen LogP contribution in [-0.4, -0.2) is 54.2 Å². The summed E-state index contributed by atoms with van der Waals surface area (Å²) in [5.74, 6) is -0.850. The number of carbonyl (C=O) groups excluding carboxylic acids is 2. The van der Waals surface area contributed by atoms with Gasteiger partial charge < -0.3 is 9.64 Å². The molecule has 2 aromatic carbocycles. The number of hydrogen-bond donors (Lipinski definition) is 0. The van der Waals surface area contributed by atoms with E-state index < -0.39 is 11.9 Å². The Morgan fingerprint density at radius 2 is 1.91 bits per heavy atom. The van der Waals surface area contributed by atoms with E-state index in [2.05, 4.69) is 5.10 Å². The molecule has 1 atom stereocenters. The normalized spacial score (nSPS) is 17.9. The SMILES string of the molecule is COCCN(CC(=O)N1N=C(c2ccccc2Cl)CC1c1ccccc1F)C(=O)C1CC1. The Labute approximate surface area is 191 Å². The molecule has 0 N–H and O–H groups in total. The first-order chi connectivity index (χ1) is 15.5. The second-order valence-electron chi connectivity index (χ2n) is 8.03. The van der Waals surface area contributed by atoms with Gasteiger partial charge in [0.15, 0.2) is 0 Å². The largest absolute Gasteiger partial charge is 0.383 e. The fourth-order valence-corrected chi connectivity index (χ4v) is 4.12. The number of carbonyl (C=O) groups is 2. The molecule has 0 spiro atoms. The van der Waals surface area contributed by atoms with E-state index in [9.17, 15) is 14.0 Å². The van der Waals surface area contributed by atoms with E-state index in [1.165, 1.54) is 16.0 Å². The van der Waals surface area contributed by atoms with Gasteiger partial charge in [0.2, 0.25) is 5.91 Å². The van der Waals surface area contributed by atoms with Gasteiger partial charge in [-0.3, -0.25) is 9.59 Å². The third-order valence-corrected chi connectivity index (χ3v) is 6.07. The third kappa shape index (κ3) is 4.84. The molecule has 168 valence electrons.